The van der Waals surface area contributed by atoms with Crippen LogP contribution in [0.3, 0.4) is 0 Å². The van der Waals surface area contributed by atoms with Crippen molar-refractivity contribution < 1.29 is 9.90 Å². The minimum atomic E-state index is -0.868. The summed E-state index contributed by atoms with van der Waals surface area (Å²) in [7, 11) is 0. The topological polar surface area (TPSA) is 104 Å². The molecule has 118 valence electrons. The molecule has 1 rings (SSSR count). The Bertz CT molecular complexity index is 601. The fourth-order valence-corrected chi connectivity index (χ4v) is 1.83. The van der Waals surface area contributed by atoms with Gasteiger partial charge in [-0.1, -0.05) is 27.2 Å². The number of nitrogens with zero attached hydrogens (tertiary/aromatic N) is 1. The molecule has 0 bridgehead atoms. The van der Waals surface area contributed by atoms with Crippen LogP contribution in [-0.4, -0.2) is 27.1 Å². The van der Waals surface area contributed by atoms with Crippen molar-refractivity contribution in [1.82, 2.24) is 14.9 Å². The van der Waals surface area contributed by atoms with Gasteiger partial charge in [-0.3, -0.25) is 19.1 Å². The maximum absolute atomic E-state index is 12.0. The molecule has 0 aliphatic rings. The van der Waals surface area contributed by atoms with Gasteiger partial charge in [0.05, 0.1) is 0 Å². The van der Waals surface area contributed by atoms with Crippen molar-refractivity contribution in [2.75, 3.05) is 6.54 Å². The summed E-state index contributed by atoms with van der Waals surface area (Å²) < 4.78 is 1.02. The van der Waals surface area contributed by atoms with Crippen LogP contribution in [0.2, 0.25) is 0 Å². The van der Waals surface area contributed by atoms with Crippen LogP contribution in [0.15, 0.2) is 9.59 Å². The van der Waals surface area contributed by atoms with Crippen molar-refractivity contribution in [1.29, 1.82) is 0 Å². The summed E-state index contributed by atoms with van der Waals surface area (Å²) in [6.07, 6.45) is 2.32. The van der Waals surface area contributed by atoms with E-state index in [0.29, 0.717) is 18.9 Å². The van der Waals surface area contributed by atoms with Gasteiger partial charge >= 0.3 is 5.69 Å². The number of aromatic nitrogens is 2. The Labute approximate surface area is 123 Å². The highest BCUT2D eigenvalue weighted by Crippen LogP contribution is 2.12. The molecule has 0 fully saturated rings. The number of aromatic hydroxyl groups is 1. The number of aromatic amines is 1. The van der Waals surface area contributed by atoms with Gasteiger partial charge in [-0.25, -0.2) is 4.79 Å². The molecule has 0 saturated carbocycles. The second-order valence-corrected chi connectivity index (χ2v) is 5.40. The first-order valence-electron chi connectivity index (χ1n) is 7.22. The predicted molar refractivity (Wildman–Crippen MR) is 79.7 cm³/mol. The molecule has 0 aromatic carbocycles. The molecule has 1 aromatic heterocycles. The smallest absolute Gasteiger partial charge is 0.331 e. The number of carbonyl (C=O) groups is 1. The molecule has 21 heavy (non-hydrogen) atoms. The molecule has 1 amide bonds. The van der Waals surface area contributed by atoms with Crippen LogP contribution in [0.5, 0.6) is 5.88 Å². The molecule has 7 nitrogen and oxygen atoms in total. The van der Waals surface area contributed by atoms with Crippen molar-refractivity contribution >= 4 is 5.91 Å². The lowest BCUT2D eigenvalue weighted by Crippen LogP contribution is -2.37. The van der Waals surface area contributed by atoms with E-state index in [9.17, 15) is 19.5 Å². The van der Waals surface area contributed by atoms with Crippen LogP contribution in [0.25, 0.3) is 0 Å². The highest BCUT2D eigenvalue weighted by Gasteiger charge is 2.20. The minimum absolute atomic E-state index is 0.244. The van der Waals surface area contributed by atoms with Gasteiger partial charge in [0, 0.05) is 13.1 Å². The third kappa shape index (κ3) is 4.47. The first-order valence-corrected chi connectivity index (χ1v) is 7.22. The molecule has 0 radical (unpaired) electrons. The van der Waals surface area contributed by atoms with E-state index < -0.39 is 28.6 Å². The maximum atomic E-state index is 12.0. The van der Waals surface area contributed by atoms with Crippen molar-refractivity contribution in [3.63, 3.8) is 0 Å². The van der Waals surface area contributed by atoms with Gasteiger partial charge in [0.1, 0.15) is 0 Å². The van der Waals surface area contributed by atoms with Gasteiger partial charge in [0.25, 0.3) is 11.5 Å². The molecular weight excluding hydrogens is 274 g/mol. The number of unbranched alkanes of at least 4 members (excludes halogenated alkanes) is 1. The number of hydrogen-bond acceptors (Lipinski definition) is 4. The summed E-state index contributed by atoms with van der Waals surface area (Å²) in [6, 6.07) is 0. The lowest BCUT2D eigenvalue weighted by molar-refractivity contribution is 0.0946. The summed E-state index contributed by atoms with van der Waals surface area (Å²) in [5.41, 5.74) is -1.98. The molecule has 0 spiro atoms. The zero-order valence-electron chi connectivity index (χ0n) is 12.7. The zero-order chi connectivity index (χ0) is 16.0. The first kappa shape index (κ1) is 17.0. The SMILES string of the molecule is CCCCNC(=O)c1c(O)n(CCC(C)C)c(=O)[nH]c1=O. The zero-order valence-corrected chi connectivity index (χ0v) is 12.7. The number of nitrogens with one attached hydrogen (secondary N) is 2. The van der Waals surface area contributed by atoms with Crippen LogP contribution >= 0.6 is 0 Å². The maximum Gasteiger partial charge on any atom is 0.331 e. The van der Waals surface area contributed by atoms with Crippen molar-refractivity contribution in [3.05, 3.63) is 26.4 Å². The number of H-pyrrole nitrogens is 1. The van der Waals surface area contributed by atoms with E-state index in [-0.39, 0.29) is 6.54 Å². The second-order valence-electron chi connectivity index (χ2n) is 5.40. The molecule has 3 N–H and O–H groups in total. The van der Waals surface area contributed by atoms with Crippen LogP contribution in [0.4, 0.5) is 0 Å². The molecule has 0 saturated heterocycles. The van der Waals surface area contributed by atoms with Gasteiger partial charge in [0.15, 0.2) is 5.56 Å². The summed E-state index contributed by atoms with van der Waals surface area (Å²) in [5, 5.41) is 12.6. The Morgan fingerprint density at radius 1 is 1.38 bits per heavy atom. The van der Waals surface area contributed by atoms with E-state index in [1.807, 2.05) is 20.8 Å². The van der Waals surface area contributed by atoms with E-state index >= 15 is 0 Å². The third-order valence-electron chi connectivity index (χ3n) is 3.14. The van der Waals surface area contributed by atoms with E-state index in [1.54, 1.807) is 0 Å². The van der Waals surface area contributed by atoms with Crippen LogP contribution < -0.4 is 16.6 Å². The summed E-state index contributed by atoms with van der Waals surface area (Å²) in [5.74, 6) is -0.913. The second kappa shape index (κ2) is 7.66. The highest BCUT2D eigenvalue weighted by molar-refractivity contribution is 5.95. The molecule has 0 aliphatic carbocycles. The fourth-order valence-electron chi connectivity index (χ4n) is 1.83. The molecule has 0 aliphatic heterocycles. The number of amides is 1. The Morgan fingerprint density at radius 2 is 2.05 bits per heavy atom. The van der Waals surface area contributed by atoms with Gasteiger partial charge in [0.2, 0.25) is 5.88 Å². The largest absolute Gasteiger partial charge is 0.494 e. The van der Waals surface area contributed by atoms with Crippen molar-refractivity contribution in [3.8, 4) is 5.88 Å². The molecule has 1 heterocycles. The van der Waals surface area contributed by atoms with Gasteiger partial charge < -0.3 is 10.4 Å². The third-order valence-corrected chi connectivity index (χ3v) is 3.14. The van der Waals surface area contributed by atoms with Crippen LogP contribution in [0, 0.1) is 5.92 Å². The Morgan fingerprint density at radius 3 is 2.62 bits per heavy atom. The summed E-state index contributed by atoms with van der Waals surface area (Å²) >= 11 is 0. The Hall–Kier alpha value is -2.05. The molecule has 0 atom stereocenters. The quantitative estimate of drug-likeness (QED) is 0.648. The van der Waals surface area contributed by atoms with Crippen LogP contribution in [0.1, 0.15) is 50.4 Å². The normalized spacial score (nSPS) is 10.9. The van der Waals surface area contributed by atoms with Crippen molar-refractivity contribution in [2.24, 2.45) is 5.92 Å². The molecular formula is C14H23N3O4. The van der Waals surface area contributed by atoms with Crippen molar-refractivity contribution in [2.45, 2.75) is 46.6 Å². The molecule has 1 aromatic rings. The van der Waals surface area contributed by atoms with E-state index in [1.165, 1.54) is 0 Å². The Kier molecular flexibility index (Phi) is 6.20. The lowest BCUT2D eigenvalue weighted by Gasteiger charge is -2.12. The standard InChI is InChI=1S/C14H23N3O4/c1-4-5-7-15-11(18)10-12(19)16-14(21)17(13(10)20)8-6-9(2)3/h9,20H,4-8H2,1-3H3,(H,15,18)(H,16,19,21). The predicted octanol–water partition coefficient (Wildman–Crippen LogP) is 0.818. The summed E-state index contributed by atoms with van der Waals surface area (Å²) in [6.45, 7) is 6.59. The minimum Gasteiger partial charge on any atom is -0.494 e. The number of carbonyl (C=O) groups excluding carboxylic acids is 1. The van der Waals surface area contributed by atoms with Gasteiger partial charge in [-0.15, -0.1) is 0 Å². The van der Waals surface area contributed by atoms with Gasteiger partial charge in [-0.2, -0.15) is 0 Å². The average molecular weight is 297 g/mol. The molecule has 0 unspecified atom stereocenters. The fraction of sp³-hybridized carbons (Fsp3) is 0.643. The average Bonchev–Trinajstić information content (AvgIpc) is 2.37. The molecule has 7 heteroatoms. The monoisotopic (exact) mass is 297 g/mol. The van der Waals surface area contributed by atoms with E-state index in [0.717, 1.165) is 17.4 Å². The Balaban J connectivity index is 3.09. The number of hydrogen-bond donors (Lipinski definition) is 3. The highest BCUT2D eigenvalue weighted by atomic mass is 16.3. The van der Waals surface area contributed by atoms with Crippen LogP contribution in [-0.2, 0) is 6.54 Å². The van der Waals surface area contributed by atoms with E-state index in [2.05, 4.69) is 10.3 Å². The summed E-state index contributed by atoms with van der Waals surface area (Å²) in [4.78, 5) is 37.5. The first-order chi connectivity index (χ1) is 9.88. The van der Waals surface area contributed by atoms with Gasteiger partial charge in [-0.05, 0) is 18.8 Å². The van der Waals surface area contributed by atoms with E-state index in [4.69, 9.17) is 0 Å². The lowest BCUT2D eigenvalue weighted by atomic mass is 10.1. The number of rotatable bonds is 7.